The highest BCUT2D eigenvalue weighted by atomic mass is 32.2. The van der Waals surface area contributed by atoms with E-state index in [2.05, 4.69) is 11.8 Å². The first-order valence-electron chi connectivity index (χ1n) is 6.66. The fourth-order valence-electron chi connectivity index (χ4n) is 2.64. The molecule has 2 rings (SSSR count). The second-order valence-corrected chi connectivity index (χ2v) is 6.45. The van der Waals surface area contributed by atoms with Crippen LogP contribution in [0, 0.1) is 5.92 Å². The number of nitrogens with zero attached hydrogens (tertiary/aromatic N) is 1. The number of benzene rings is 1. The molecular weight excluding hydrogens is 285 g/mol. The minimum absolute atomic E-state index is 0.0734. The molecule has 1 aliphatic rings. The molecule has 0 aliphatic carbocycles. The van der Waals surface area contributed by atoms with Gasteiger partial charge in [-0.3, -0.25) is 4.90 Å². The Labute approximate surface area is 121 Å². The standard InChI is InChI=1S/C14H19F3N2S/c1-10-6-12(7-18)9-19(10)8-11-2-4-13(5-3-11)20-14(15,16)17/h2-5,10,12H,6-9,18H2,1H3. The van der Waals surface area contributed by atoms with Gasteiger partial charge in [-0.1, -0.05) is 12.1 Å². The van der Waals surface area contributed by atoms with Crippen molar-refractivity contribution < 1.29 is 13.2 Å². The van der Waals surface area contributed by atoms with Crippen molar-refractivity contribution in [1.82, 2.24) is 4.90 Å². The minimum atomic E-state index is -4.22. The summed E-state index contributed by atoms with van der Waals surface area (Å²) in [5.74, 6) is 0.532. The van der Waals surface area contributed by atoms with Crippen LogP contribution in [0.5, 0.6) is 0 Å². The van der Waals surface area contributed by atoms with E-state index in [1.165, 1.54) is 12.1 Å². The van der Waals surface area contributed by atoms with Crippen LogP contribution in [0.15, 0.2) is 29.2 Å². The number of alkyl halides is 3. The third kappa shape index (κ3) is 4.40. The van der Waals surface area contributed by atoms with Gasteiger partial charge in [0.1, 0.15) is 0 Å². The molecule has 2 atom stereocenters. The SMILES string of the molecule is CC1CC(CN)CN1Cc1ccc(SC(F)(F)F)cc1. The molecule has 1 fully saturated rings. The fourth-order valence-corrected chi connectivity index (χ4v) is 3.18. The summed E-state index contributed by atoms with van der Waals surface area (Å²) in [6.07, 6.45) is 1.10. The Morgan fingerprint density at radius 3 is 2.45 bits per heavy atom. The molecule has 0 amide bonds. The van der Waals surface area contributed by atoms with Crippen LogP contribution in [0.2, 0.25) is 0 Å². The highest BCUT2D eigenvalue weighted by Gasteiger charge is 2.29. The van der Waals surface area contributed by atoms with Crippen LogP contribution in [0.1, 0.15) is 18.9 Å². The summed E-state index contributed by atoms with van der Waals surface area (Å²) < 4.78 is 36.7. The van der Waals surface area contributed by atoms with Crippen LogP contribution in [0.25, 0.3) is 0 Å². The Morgan fingerprint density at radius 1 is 1.30 bits per heavy atom. The maximum Gasteiger partial charge on any atom is 0.446 e. The van der Waals surface area contributed by atoms with Gasteiger partial charge < -0.3 is 5.73 Å². The van der Waals surface area contributed by atoms with Gasteiger partial charge in [-0.2, -0.15) is 13.2 Å². The normalized spacial score (nSPS) is 24.2. The van der Waals surface area contributed by atoms with E-state index >= 15 is 0 Å². The Bertz CT molecular complexity index is 433. The van der Waals surface area contributed by atoms with Crippen molar-refractivity contribution in [2.24, 2.45) is 11.7 Å². The van der Waals surface area contributed by atoms with Crippen LogP contribution in [0.3, 0.4) is 0 Å². The van der Waals surface area contributed by atoms with E-state index < -0.39 is 5.51 Å². The second kappa shape index (κ2) is 6.37. The van der Waals surface area contributed by atoms with Gasteiger partial charge in [0.25, 0.3) is 0 Å². The number of thioether (sulfide) groups is 1. The first-order chi connectivity index (χ1) is 9.37. The fraction of sp³-hybridized carbons (Fsp3) is 0.571. The number of halogens is 3. The molecule has 0 saturated carbocycles. The van der Waals surface area contributed by atoms with Gasteiger partial charge in [0.15, 0.2) is 0 Å². The van der Waals surface area contributed by atoms with Crippen molar-refractivity contribution in [2.45, 2.75) is 36.3 Å². The van der Waals surface area contributed by atoms with Crippen molar-refractivity contribution in [2.75, 3.05) is 13.1 Å². The Kier molecular flexibility index (Phi) is 4.99. The molecule has 0 radical (unpaired) electrons. The first-order valence-corrected chi connectivity index (χ1v) is 7.48. The summed E-state index contributed by atoms with van der Waals surface area (Å²) >= 11 is -0.0734. The van der Waals surface area contributed by atoms with Crippen LogP contribution in [-0.4, -0.2) is 29.5 Å². The number of likely N-dealkylation sites (tertiary alicyclic amines) is 1. The van der Waals surface area contributed by atoms with Crippen molar-refractivity contribution in [1.29, 1.82) is 0 Å². The van der Waals surface area contributed by atoms with Gasteiger partial charge in [0.2, 0.25) is 0 Å². The number of nitrogens with two attached hydrogens (primary N) is 1. The lowest BCUT2D eigenvalue weighted by atomic mass is 10.1. The van der Waals surface area contributed by atoms with E-state index in [4.69, 9.17) is 5.73 Å². The zero-order valence-corrected chi connectivity index (χ0v) is 12.2. The van der Waals surface area contributed by atoms with E-state index in [9.17, 15) is 13.2 Å². The largest absolute Gasteiger partial charge is 0.446 e. The first kappa shape index (κ1) is 15.7. The molecule has 2 unspecified atom stereocenters. The van der Waals surface area contributed by atoms with Gasteiger partial charge in [-0.05, 0) is 55.3 Å². The summed E-state index contributed by atoms with van der Waals surface area (Å²) in [6, 6.07) is 7.10. The number of hydrogen-bond acceptors (Lipinski definition) is 3. The molecule has 6 heteroatoms. The highest BCUT2D eigenvalue weighted by molar-refractivity contribution is 8.00. The smallest absolute Gasteiger partial charge is 0.330 e. The summed E-state index contributed by atoms with van der Waals surface area (Å²) in [7, 11) is 0. The van der Waals surface area contributed by atoms with Gasteiger partial charge in [-0.25, -0.2) is 0 Å². The summed E-state index contributed by atoms with van der Waals surface area (Å²) in [5.41, 5.74) is 2.51. The molecule has 1 aliphatic heterocycles. The average molecular weight is 304 g/mol. The third-order valence-electron chi connectivity index (χ3n) is 3.67. The van der Waals surface area contributed by atoms with Crippen molar-refractivity contribution >= 4 is 11.8 Å². The van der Waals surface area contributed by atoms with E-state index in [0.29, 0.717) is 18.5 Å². The summed E-state index contributed by atoms with van der Waals surface area (Å²) in [4.78, 5) is 2.57. The highest BCUT2D eigenvalue weighted by Crippen LogP contribution is 2.36. The maximum absolute atomic E-state index is 12.2. The lowest BCUT2D eigenvalue weighted by Gasteiger charge is -2.21. The molecule has 0 aromatic heterocycles. The van der Waals surface area contributed by atoms with Crippen molar-refractivity contribution in [3.8, 4) is 0 Å². The molecule has 2 N–H and O–H groups in total. The maximum atomic E-state index is 12.2. The third-order valence-corrected chi connectivity index (χ3v) is 4.41. The predicted octanol–water partition coefficient (Wildman–Crippen LogP) is 3.47. The average Bonchev–Trinajstić information content (AvgIpc) is 2.71. The predicted molar refractivity (Wildman–Crippen MR) is 75.4 cm³/mol. The minimum Gasteiger partial charge on any atom is -0.330 e. The number of hydrogen-bond donors (Lipinski definition) is 1. The molecule has 1 saturated heterocycles. The van der Waals surface area contributed by atoms with E-state index in [-0.39, 0.29) is 16.7 Å². The van der Waals surface area contributed by atoms with Gasteiger partial charge >= 0.3 is 5.51 Å². The molecule has 1 aromatic carbocycles. The monoisotopic (exact) mass is 304 g/mol. The van der Waals surface area contributed by atoms with Crippen molar-refractivity contribution in [3.05, 3.63) is 29.8 Å². The summed E-state index contributed by atoms with van der Waals surface area (Å²) in [5, 5.41) is 0. The molecule has 1 aromatic rings. The van der Waals surface area contributed by atoms with Crippen LogP contribution >= 0.6 is 11.8 Å². The second-order valence-electron chi connectivity index (χ2n) is 5.31. The van der Waals surface area contributed by atoms with E-state index in [1.807, 2.05) is 0 Å². The Balaban J connectivity index is 1.94. The molecule has 0 bridgehead atoms. The number of rotatable bonds is 4. The van der Waals surface area contributed by atoms with Gasteiger partial charge in [-0.15, -0.1) is 0 Å². The Morgan fingerprint density at radius 2 is 1.95 bits per heavy atom. The molecule has 20 heavy (non-hydrogen) atoms. The van der Waals surface area contributed by atoms with Crippen LogP contribution < -0.4 is 5.73 Å². The summed E-state index contributed by atoms with van der Waals surface area (Å²) in [6.45, 7) is 4.61. The Hall–Kier alpha value is -0.720. The van der Waals surface area contributed by atoms with Crippen LogP contribution in [0.4, 0.5) is 13.2 Å². The van der Waals surface area contributed by atoms with Gasteiger partial charge in [0.05, 0.1) is 0 Å². The molecule has 2 nitrogen and oxygen atoms in total. The lowest BCUT2D eigenvalue weighted by molar-refractivity contribution is -0.0328. The molecular formula is C14H19F3N2S. The molecule has 112 valence electrons. The van der Waals surface area contributed by atoms with E-state index in [0.717, 1.165) is 25.1 Å². The molecule has 1 heterocycles. The lowest BCUT2D eigenvalue weighted by Crippen LogP contribution is -2.27. The quantitative estimate of drug-likeness (QED) is 0.864. The topological polar surface area (TPSA) is 29.3 Å². The van der Waals surface area contributed by atoms with E-state index in [1.54, 1.807) is 12.1 Å². The van der Waals surface area contributed by atoms with Crippen LogP contribution in [-0.2, 0) is 6.54 Å². The zero-order chi connectivity index (χ0) is 14.8. The zero-order valence-electron chi connectivity index (χ0n) is 11.4. The molecule has 0 spiro atoms. The van der Waals surface area contributed by atoms with Gasteiger partial charge in [0, 0.05) is 24.0 Å². The van der Waals surface area contributed by atoms with Crippen molar-refractivity contribution in [3.63, 3.8) is 0 Å².